The lowest BCUT2D eigenvalue weighted by molar-refractivity contribution is -0.148. The largest absolute Gasteiger partial charge is 0.481 e. The smallest absolute Gasteiger partial charge is 0.401 e. The summed E-state index contributed by atoms with van der Waals surface area (Å²) in [5.41, 5.74) is 0. The number of carbonyl (C=O) groups excluding carboxylic acids is 1. The second kappa shape index (κ2) is 8.32. The van der Waals surface area contributed by atoms with E-state index in [-0.39, 0.29) is 24.2 Å². The summed E-state index contributed by atoms with van der Waals surface area (Å²) in [4.78, 5) is 13.1. The molecule has 24 heavy (non-hydrogen) atoms. The maximum absolute atomic E-state index is 13.3. The van der Waals surface area contributed by atoms with Crippen LogP contribution in [0.25, 0.3) is 0 Å². The Kier molecular flexibility index (Phi) is 6.42. The number of nitrogens with zero attached hydrogens (tertiary/aromatic N) is 1. The summed E-state index contributed by atoms with van der Waals surface area (Å²) in [6.07, 6.45) is -2.97. The maximum atomic E-state index is 13.3. The summed E-state index contributed by atoms with van der Waals surface area (Å²) >= 11 is 0. The summed E-state index contributed by atoms with van der Waals surface area (Å²) in [5, 5.41) is 2.68. The van der Waals surface area contributed by atoms with Crippen LogP contribution in [0.1, 0.15) is 12.8 Å². The van der Waals surface area contributed by atoms with E-state index >= 15 is 0 Å². The summed E-state index contributed by atoms with van der Waals surface area (Å²) in [6.45, 7) is -0.0622. The lowest BCUT2D eigenvalue weighted by Gasteiger charge is -2.32. The Hall–Kier alpha value is -1.83. The van der Waals surface area contributed by atoms with Gasteiger partial charge in [-0.25, -0.2) is 4.39 Å². The Morgan fingerprint density at radius 3 is 2.54 bits per heavy atom. The molecular weight excluding hydrogens is 328 g/mol. The molecule has 1 aromatic carbocycles. The Labute approximate surface area is 137 Å². The zero-order valence-corrected chi connectivity index (χ0v) is 13.1. The van der Waals surface area contributed by atoms with Crippen molar-refractivity contribution in [2.45, 2.75) is 19.0 Å². The van der Waals surface area contributed by atoms with Crippen molar-refractivity contribution in [3.63, 3.8) is 0 Å². The van der Waals surface area contributed by atoms with Gasteiger partial charge in [-0.05, 0) is 44.0 Å². The van der Waals surface area contributed by atoms with Crippen LogP contribution in [0.3, 0.4) is 0 Å². The summed E-state index contributed by atoms with van der Waals surface area (Å²) in [6, 6.07) is 5.79. The molecule has 0 aromatic heterocycles. The van der Waals surface area contributed by atoms with E-state index in [1.807, 2.05) is 0 Å². The fraction of sp³-hybridized carbons (Fsp3) is 0.562. The number of rotatable bonds is 6. The molecule has 0 aliphatic carbocycles. The number of ether oxygens (including phenoxy) is 1. The summed E-state index contributed by atoms with van der Waals surface area (Å²) in [7, 11) is 0. The molecule has 0 bridgehead atoms. The molecule has 1 N–H and O–H groups in total. The molecule has 2 rings (SSSR count). The number of hydrogen-bond acceptors (Lipinski definition) is 3. The zero-order chi connectivity index (χ0) is 17.6. The zero-order valence-electron chi connectivity index (χ0n) is 13.1. The van der Waals surface area contributed by atoms with Crippen molar-refractivity contribution in [3.8, 4) is 5.75 Å². The number of amides is 1. The molecule has 1 aromatic rings. The van der Waals surface area contributed by atoms with E-state index in [2.05, 4.69) is 5.32 Å². The van der Waals surface area contributed by atoms with Gasteiger partial charge in [0.15, 0.2) is 18.2 Å². The molecule has 1 heterocycles. The van der Waals surface area contributed by atoms with Gasteiger partial charge < -0.3 is 10.1 Å². The van der Waals surface area contributed by atoms with Gasteiger partial charge in [0.1, 0.15) is 0 Å². The van der Waals surface area contributed by atoms with E-state index in [0.29, 0.717) is 32.5 Å². The van der Waals surface area contributed by atoms with Crippen LogP contribution in [-0.4, -0.2) is 49.8 Å². The van der Waals surface area contributed by atoms with E-state index < -0.39 is 18.5 Å². The van der Waals surface area contributed by atoms with Gasteiger partial charge in [0.05, 0.1) is 6.54 Å². The van der Waals surface area contributed by atoms with Crippen LogP contribution in [0.5, 0.6) is 5.75 Å². The van der Waals surface area contributed by atoms with Crippen LogP contribution in [0, 0.1) is 11.7 Å². The average molecular weight is 348 g/mol. The van der Waals surface area contributed by atoms with Crippen molar-refractivity contribution in [2.24, 2.45) is 5.92 Å². The molecule has 1 aliphatic heterocycles. The molecular formula is C16H20F4N2O2. The number of likely N-dealkylation sites (tertiary alicyclic amines) is 1. The highest BCUT2D eigenvalue weighted by atomic mass is 19.4. The number of benzene rings is 1. The van der Waals surface area contributed by atoms with Gasteiger partial charge in [0.25, 0.3) is 5.91 Å². The second-order valence-corrected chi connectivity index (χ2v) is 5.86. The molecule has 1 aliphatic rings. The first-order valence-corrected chi connectivity index (χ1v) is 7.76. The Bertz CT molecular complexity index is 543. The van der Waals surface area contributed by atoms with Crippen molar-refractivity contribution < 1.29 is 27.1 Å². The second-order valence-electron chi connectivity index (χ2n) is 5.86. The molecule has 0 atom stereocenters. The number of piperidine rings is 1. The molecule has 1 fully saturated rings. The van der Waals surface area contributed by atoms with Crippen molar-refractivity contribution in [2.75, 3.05) is 32.8 Å². The minimum atomic E-state index is -4.18. The molecule has 0 radical (unpaired) electrons. The van der Waals surface area contributed by atoms with Crippen molar-refractivity contribution >= 4 is 5.91 Å². The highest BCUT2D eigenvalue weighted by Crippen LogP contribution is 2.22. The SMILES string of the molecule is O=C(COc1ccccc1F)NCC1CCN(CC(F)(F)F)CC1. The summed E-state index contributed by atoms with van der Waals surface area (Å²) in [5.74, 6) is -0.765. The van der Waals surface area contributed by atoms with E-state index in [1.54, 1.807) is 6.07 Å². The van der Waals surface area contributed by atoms with Gasteiger partial charge >= 0.3 is 6.18 Å². The lowest BCUT2D eigenvalue weighted by atomic mass is 9.97. The fourth-order valence-corrected chi connectivity index (χ4v) is 2.62. The topological polar surface area (TPSA) is 41.6 Å². The van der Waals surface area contributed by atoms with Crippen LogP contribution in [-0.2, 0) is 4.79 Å². The third-order valence-electron chi connectivity index (χ3n) is 3.89. The molecule has 4 nitrogen and oxygen atoms in total. The third-order valence-corrected chi connectivity index (χ3v) is 3.89. The first-order valence-electron chi connectivity index (χ1n) is 7.76. The van der Waals surface area contributed by atoms with Crippen LogP contribution >= 0.6 is 0 Å². The quantitative estimate of drug-likeness (QED) is 0.804. The minimum absolute atomic E-state index is 0.00751. The van der Waals surface area contributed by atoms with Gasteiger partial charge in [0, 0.05) is 6.54 Å². The first-order chi connectivity index (χ1) is 11.3. The first kappa shape index (κ1) is 18.5. The van der Waals surface area contributed by atoms with Crippen LogP contribution in [0.15, 0.2) is 24.3 Å². The Balaban J connectivity index is 1.64. The normalized spacial score (nSPS) is 16.8. The van der Waals surface area contributed by atoms with Crippen molar-refractivity contribution in [1.82, 2.24) is 10.2 Å². The van der Waals surface area contributed by atoms with Crippen LogP contribution < -0.4 is 10.1 Å². The van der Waals surface area contributed by atoms with E-state index in [1.165, 1.54) is 23.1 Å². The van der Waals surface area contributed by atoms with Gasteiger partial charge in [0.2, 0.25) is 0 Å². The highest BCUT2D eigenvalue weighted by molar-refractivity contribution is 5.77. The van der Waals surface area contributed by atoms with Crippen molar-refractivity contribution in [3.05, 3.63) is 30.1 Å². The number of halogens is 4. The van der Waals surface area contributed by atoms with Crippen LogP contribution in [0.4, 0.5) is 17.6 Å². The number of nitrogens with one attached hydrogen (secondary N) is 1. The van der Waals surface area contributed by atoms with Crippen LogP contribution in [0.2, 0.25) is 0 Å². The average Bonchev–Trinajstić information content (AvgIpc) is 2.52. The fourth-order valence-electron chi connectivity index (χ4n) is 2.62. The van der Waals surface area contributed by atoms with Gasteiger partial charge in [-0.1, -0.05) is 12.1 Å². The van der Waals surface area contributed by atoms with Gasteiger partial charge in [-0.3, -0.25) is 9.69 Å². The molecule has 8 heteroatoms. The van der Waals surface area contributed by atoms with Crippen molar-refractivity contribution in [1.29, 1.82) is 0 Å². The maximum Gasteiger partial charge on any atom is 0.401 e. The standard InChI is InChI=1S/C16H20F4N2O2/c17-13-3-1-2-4-14(13)24-10-15(23)21-9-12-5-7-22(8-6-12)11-16(18,19)20/h1-4,12H,5-11H2,(H,21,23). The number of para-hydroxylation sites is 1. The predicted octanol–water partition coefficient (Wildman–Crippen LogP) is 2.60. The van der Waals surface area contributed by atoms with E-state index in [4.69, 9.17) is 4.74 Å². The molecule has 0 saturated carbocycles. The Morgan fingerprint density at radius 1 is 1.25 bits per heavy atom. The molecule has 134 valence electrons. The minimum Gasteiger partial charge on any atom is -0.481 e. The lowest BCUT2D eigenvalue weighted by Crippen LogP contribution is -2.43. The predicted molar refractivity (Wildman–Crippen MR) is 80.1 cm³/mol. The molecule has 1 saturated heterocycles. The number of alkyl halides is 3. The molecule has 1 amide bonds. The Morgan fingerprint density at radius 2 is 1.92 bits per heavy atom. The monoisotopic (exact) mass is 348 g/mol. The van der Waals surface area contributed by atoms with E-state index in [0.717, 1.165) is 0 Å². The molecule has 0 spiro atoms. The molecule has 0 unspecified atom stereocenters. The van der Waals surface area contributed by atoms with E-state index in [9.17, 15) is 22.4 Å². The van der Waals surface area contributed by atoms with Gasteiger partial charge in [-0.2, -0.15) is 13.2 Å². The summed E-state index contributed by atoms with van der Waals surface area (Å²) < 4.78 is 55.3. The number of hydrogen-bond donors (Lipinski definition) is 1. The van der Waals surface area contributed by atoms with Gasteiger partial charge in [-0.15, -0.1) is 0 Å². The highest BCUT2D eigenvalue weighted by Gasteiger charge is 2.32. The third kappa shape index (κ3) is 6.35. The number of carbonyl (C=O) groups is 1.